The number of ketones is 1. The van der Waals surface area contributed by atoms with Gasteiger partial charge in [0, 0.05) is 18.7 Å². The number of rotatable bonds is 4. The van der Waals surface area contributed by atoms with Crippen molar-refractivity contribution in [2.75, 3.05) is 14.2 Å². The summed E-state index contributed by atoms with van der Waals surface area (Å²) in [7, 11) is 2.86. The number of aliphatic hydroxyl groups is 1. The first-order valence-corrected chi connectivity index (χ1v) is 7.99. The number of methoxy groups -OCH3 is 1. The van der Waals surface area contributed by atoms with Gasteiger partial charge in [-0.2, -0.15) is 0 Å². The molecule has 3 rings (SSSR count). The molecule has 2 aromatic carbocycles. The minimum Gasteiger partial charge on any atom is -0.507 e. The van der Waals surface area contributed by atoms with Crippen LogP contribution in [0.15, 0.2) is 54.1 Å². The van der Waals surface area contributed by atoms with Gasteiger partial charge in [0.25, 0.3) is 17.4 Å². The van der Waals surface area contributed by atoms with Gasteiger partial charge in [-0.05, 0) is 30.3 Å². The number of carbonyl (C=O) groups excluding carboxylic acids is 2. The SMILES string of the molecule is COc1ccc(/C(O)=C2/C(=O)C(=O)N(C)C2c2ccccc2[N+](=O)[O-])cc1. The summed E-state index contributed by atoms with van der Waals surface area (Å²) in [5.74, 6) is -1.58. The minimum absolute atomic E-state index is 0.152. The first kappa shape index (κ1) is 18.1. The molecule has 2 aromatic rings. The average molecular weight is 368 g/mol. The number of nitrogens with zero attached hydrogens (tertiary/aromatic N) is 2. The summed E-state index contributed by atoms with van der Waals surface area (Å²) in [4.78, 5) is 36.7. The smallest absolute Gasteiger partial charge is 0.295 e. The molecule has 1 N–H and O–H groups in total. The standard InChI is InChI=1S/C19H16N2O6/c1-20-16(13-5-3-4-6-14(13)21(25)26)15(18(23)19(20)24)17(22)11-7-9-12(27-2)10-8-11/h3-10,16,22H,1-2H3/b17-15-. The second kappa shape index (κ2) is 6.91. The fourth-order valence-electron chi connectivity index (χ4n) is 3.10. The van der Waals surface area contributed by atoms with Crippen molar-refractivity contribution in [3.63, 3.8) is 0 Å². The number of nitro groups is 1. The Bertz CT molecular complexity index is 964. The van der Waals surface area contributed by atoms with Crippen molar-refractivity contribution in [1.82, 2.24) is 4.90 Å². The Labute approximate surface area is 154 Å². The third-order valence-corrected chi connectivity index (χ3v) is 4.47. The molecular formula is C19H16N2O6. The number of hydrogen-bond acceptors (Lipinski definition) is 6. The fourth-order valence-corrected chi connectivity index (χ4v) is 3.10. The third kappa shape index (κ3) is 3.01. The molecule has 0 aliphatic carbocycles. The second-order valence-corrected chi connectivity index (χ2v) is 5.95. The highest BCUT2D eigenvalue weighted by atomic mass is 16.6. The zero-order valence-corrected chi connectivity index (χ0v) is 14.6. The van der Waals surface area contributed by atoms with Crippen LogP contribution in [0.2, 0.25) is 0 Å². The van der Waals surface area contributed by atoms with E-state index in [1.807, 2.05) is 0 Å². The van der Waals surface area contributed by atoms with Gasteiger partial charge >= 0.3 is 0 Å². The molecule has 1 fully saturated rings. The molecule has 0 radical (unpaired) electrons. The number of hydrogen-bond donors (Lipinski definition) is 1. The Hall–Kier alpha value is -3.68. The van der Waals surface area contributed by atoms with Crippen molar-refractivity contribution in [3.05, 3.63) is 75.3 Å². The van der Waals surface area contributed by atoms with Crippen LogP contribution in [0.25, 0.3) is 5.76 Å². The van der Waals surface area contributed by atoms with E-state index < -0.39 is 28.4 Å². The summed E-state index contributed by atoms with van der Waals surface area (Å²) in [6.45, 7) is 0. The van der Waals surface area contributed by atoms with E-state index in [0.717, 1.165) is 4.90 Å². The number of benzene rings is 2. The van der Waals surface area contributed by atoms with E-state index in [1.54, 1.807) is 18.2 Å². The lowest BCUT2D eigenvalue weighted by atomic mass is 9.94. The normalized spacial score (nSPS) is 18.6. The first-order valence-electron chi connectivity index (χ1n) is 7.99. The molecular weight excluding hydrogens is 352 g/mol. The number of likely N-dealkylation sites (tertiary alicyclic amines) is 1. The number of aliphatic hydroxyl groups excluding tert-OH is 1. The Morgan fingerprint density at radius 1 is 1.15 bits per heavy atom. The van der Waals surface area contributed by atoms with E-state index in [2.05, 4.69) is 0 Å². The summed E-state index contributed by atoms with van der Waals surface area (Å²) in [6, 6.07) is 11.0. The highest BCUT2D eigenvalue weighted by Gasteiger charge is 2.46. The van der Waals surface area contributed by atoms with Crippen LogP contribution in [0, 0.1) is 10.1 Å². The molecule has 1 aliphatic heterocycles. The minimum atomic E-state index is -1.06. The molecule has 1 amide bonds. The van der Waals surface area contributed by atoms with E-state index >= 15 is 0 Å². The predicted octanol–water partition coefficient (Wildman–Crippen LogP) is 2.65. The number of ether oxygens (including phenoxy) is 1. The maximum Gasteiger partial charge on any atom is 0.295 e. The van der Waals surface area contributed by atoms with Gasteiger partial charge < -0.3 is 14.7 Å². The lowest BCUT2D eigenvalue weighted by molar-refractivity contribution is -0.385. The summed E-state index contributed by atoms with van der Waals surface area (Å²) in [6.07, 6.45) is 0. The molecule has 0 aromatic heterocycles. The molecule has 0 saturated carbocycles. The van der Waals surface area contributed by atoms with Crippen LogP contribution in [0.1, 0.15) is 17.2 Å². The number of Topliss-reactive ketones (excluding diaryl/α,β-unsaturated/α-hetero) is 1. The van der Waals surface area contributed by atoms with Gasteiger partial charge in [-0.25, -0.2) is 0 Å². The highest BCUT2D eigenvalue weighted by molar-refractivity contribution is 6.46. The maximum absolute atomic E-state index is 12.5. The van der Waals surface area contributed by atoms with E-state index in [9.17, 15) is 24.8 Å². The number of amides is 1. The van der Waals surface area contributed by atoms with Crippen molar-refractivity contribution in [2.45, 2.75) is 6.04 Å². The monoisotopic (exact) mass is 368 g/mol. The molecule has 8 heteroatoms. The maximum atomic E-state index is 12.5. The lowest BCUT2D eigenvalue weighted by Crippen LogP contribution is -2.25. The van der Waals surface area contributed by atoms with Crippen LogP contribution in [0.4, 0.5) is 5.69 Å². The summed E-state index contributed by atoms with van der Waals surface area (Å²) >= 11 is 0. The van der Waals surface area contributed by atoms with Gasteiger partial charge in [-0.3, -0.25) is 19.7 Å². The van der Waals surface area contributed by atoms with Crippen LogP contribution in [-0.4, -0.2) is 40.8 Å². The summed E-state index contributed by atoms with van der Waals surface area (Å²) < 4.78 is 5.06. The van der Waals surface area contributed by atoms with Crippen molar-refractivity contribution in [1.29, 1.82) is 0 Å². The van der Waals surface area contributed by atoms with E-state index in [1.165, 1.54) is 44.5 Å². The molecule has 0 spiro atoms. The molecule has 1 aliphatic rings. The average Bonchev–Trinajstić information content (AvgIpc) is 2.91. The quantitative estimate of drug-likeness (QED) is 0.292. The molecule has 27 heavy (non-hydrogen) atoms. The van der Waals surface area contributed by atoms with Gasteiger partial charge in [0.1, 0.15) is 11.5 Å². The molecule has 1 heterocycles. The van der Waals surface area contributed by atoms with Crippen LogP contribution in [-0.2, 0) is 9.59 Å². The second-order valence-electron chi connectivity index (χ2n) is 5.95. The molecule has 0 bridgehead atoms. The predicted molar refractivity (Wildman–Crippen MR) is 96.2 cm³/mol. The van der Waals surface area contributed by atoms with Gasteiger partial charge in [0.05, 0.1) is 29.2 Å². The molecule has 1 unspecified atom stereocenters. The van der Waals surface area contributed by atoms with Crippen molar-refractivity contribution in [3.8, 4) is 5.75 Å². The van der Waals surface area contributed by atoms with Crippen molar-refractivity contribution < 1.29 is 24.4 Å². The van der Waals surface area contributed by atoms with Crippen LogP contribution in [0.3, 0.4) is 0 Å². The van der Waals surface area contributed by atoms with Crippen LogP contribution < -0.4 is 4.74 Å². The molecule has 1 atom stereocenters. The number of carbonyl (C=O) groups is 2. The third-order valence-electron chi connectivity index (χ3n) is 4.47. The Balaban J connectivity index is 2.20. The molecule has 138 valence electrons. The van der Waals surface area contributed by atoms with Crippen LogP contribution >= 0.6 is 0 Å². The van der Waals surface area contributed by atoms with Crippen molar-refractivity contribution in [2.24, 2.45) is 0 Å². The zero-order valence-electron chi connectivity index (χ0n) is 14.6. The number of para-hydroxylation sites is 1. The fraction of sp³-hybridized carbons (Fsp3) is 0.158. The van der Waals surface area contributed by atoms with Gasteiger partial charge in [0.15, 0.2) is 0 Å². The number of likely N-dealkylation sites (N-methyl/N-ethyl adjacent to an activating group) is 1. The Morgan fingerprint density at radius 2 is 1.78 bits per heavy atom. The zero-order chi connectivity index (χ0) is 19.7. The van der Waals surface area contributed by atoms with Gasteiger partial charge in [-0.15, -0.1) is 0 Å². The summed E-state index contributed by atoms with van der Waals surface area (Å²) in [5.41, 5.74) is 0.0175. The van der Waals surface area contributed by atoms with E-state index in [4.69, 9.17) is 4.74 Å². The Kier molecular flexibility index (Phi) is 4.64. The van der Waals surface area contributed by atoms with E-state index in [-0.39, 0.29) is 16.8 Å². The first-order chi connectivity index (χ1) is 12.9. The molecule has 1 saturated heterocycles. The largest absolute Gasteiger partial charge is 0.507 e. The highest BCUT2D eigenvalue weighted by Crippen LogP contribution is 2.41. The van der Waals surface area contributed by atoms with E-state index in [0.29, 0.717) is 11.3 Å². The van der Waals surface area contributed by atoms with Gasteiger partial charge in [-0.1, -0.05) is 12.1 Å². The molecule has 8 nitrogen and oxygen atoms in total. The summed E-state index contributed by atoms with van der Waals surface area (Å²) in [5, 5.41) is 22.1. The lowest BCUT2D eigenvalue weighted by Gasteiger charge is -2.20. The topological polar surface area (TPSA) is 110 Å². The van der Waals surface area contributed by atoms with Crippen molar-refractivity contribution >= 4 is 23.1 Å². The van der Waals surface area contributed by atoms with Gasteiger partial charge in [0.2, 0.25) is 0 Å². The number of nitro benzene ring substituents is 1. The Morgan fingerprint density at radius 3 is 2.37 bits per heavy atom. The van der Waals surface area contributed by atoms with Crippen LogP contribution in [0.5, 0.6) is 5.75 Å².